The maximum Gasteiger partial charge on any atom is 0.322 e. The van der Waals surface area contributed by atoms with Crippen LogP contribution in [0.15, 0.2) is 24.3 Å². The number of ketones is 1. The summed E-state index contributed by atoms with van der Waals surface area (Å²) >= 11 is 0. The number of benzene rings is 1. The molecular weight excluding hydrogens is 536 g/mol. The van der Waals surface area contributed by atoms with Gasteiger partial charge in [0.2, 0.25) is 23.5 Å². The molecule has 1 fully saturated rings. The van der Waals surface area contributed by atoms with E-state index in [1.165, 1.54) is 4.90 Å². The van der Waals surface area contributed by atoms with Crippen LogP contribution in [0.5, 0.6) is 5.75 Å². The fourth-order valence-electron chi connectivity index (χ4n) is 4.29. The van der Waals surface area contributed by atoms with Crippen LogP contribution in [0.25, 0.3) is 0 Å². The van der Waals surface area contributed by atoms with Crippen LogP contribution in [-0.4, -0.2) is 96.9 Å². The summed E-state index contributed by atoms with van der Waals surface area (Å²) in [5, 5.41) is 15.8. The number of likely N-dealkylation sites (tertiary alicyclic amines) is 1. The van der Waals surface area contributed by atoms with E-state index < -0.39 is 48.1 Å². The Morgan fingerprint density at radius 2 is 1.85 bits per heavy atom. The summed E-state index contributed by atoms with van der Waals surface area (Å²) in [4.78, 5) is 74.9. The molecule has 13 heteroatoms. The maximum atomic E-state index is 13.0. The molecule has 1 saturated heterocycles. The predicted octanol–water partition coefficient (Wildman–Crippen LogP) is 0.195. The Hall–Kier alpha value is -4.00. The molecule has 3 atom stereocenters. The third-order valence-electron chi connectivity index (χ3n) is 6.61. The van der Waals surface area contributed by atoms with Gasteiger partial charge in [0.05, 0.1) is 31.7 Å². The largest absolute Gasteiger partial charge is 0.493 e. The number of nitrogens with zero attached hydrogens (tertiary/aromatic N) is 1. The summed E-state index contributed by atoms with van der Waals surface area (Å²) in [5.74, 6) is -4.14. The first-order valence-electron chi connectivity index (χ1n) is 13.7. The van der Waals surface area contributed by atoms with Gasteiger partial charge in [-0.15, -0.1) is 0 Å². The van der Waals surface area contributed by atoms with Crippen LogP contribution in [0.3, 0.4) is 0 Å². The van der Waals surface area contributed by atoms with E-state index in [2.05, 4.69) is 10.6 Å². The van der Waals surface area contributed by atoms with Crippen molar-refractivity contribution in [3.8, 4) is 5.75 Å². The van der Waals surface area contributed by atoms with Crippen LogP contribution in [0.1, 0.15) is 51.5 Å². The van der Waals surface area contributed by atoms with E-state index in [0.717, 1.165) is 6.42 Å². The Morgan fingerprint density at radius 1 is 1.10 bits per heavy atom. The van der Waals surface area contributed by atoms with Gasteiger partial charge in [-0.1, -0.05) is 25.5 Å². The molecule has 0 saturated carbocycles. The molecule has 1 aromatic carbocycles. The summed E-state index contributed by atoms with van der Waals surface area (Å²) in [7, 11) is 1.63. The van der Waals surface area contributed by atoms with E-state index >= 15 is 0 Å². The van der Waals surface area contributed by atoms with Gasteiger partial charge in [-0.2, -0.15) is 0 Å². The van der Waals surface area contributed by atoms with Gasteiger partial charge < -0.3 is 35.4 Å². The molecule has 1 aliphatic rings. The quantitative estimate of drug-likeness (QED) is 0.188. The minimum atomic E-state index is -1.31. The molecule has 1 aliphatic heterocycles. The molecule has 4 N–H and O–H groups in total. The molecule has 0 aromatic heterocycles. The lowest BCUT2D eigenvalue weighted by atomic mass is 10.1. The minimum Gasteiger partial charge on any atom is -0.493 e. The third-order valence-corrected chi connectivity index (χ3v) is 6.61. The average Bonchev–Trinajstić information content (AvgIpc) is 3.44. The van der Waals surface area contributed by atoms with Gasteiger partial charge in [0, 0.05) is 20.1 Å². The fraction of sp³-hybridized carbons (Fsp3) is 0.571. The summed E-state index contributed by atoms with van der Waals surface area (Å²) in [6.45, 7) is 3.46. The first-order chi connectivity index (χ1) is 19.5. The van der Waals surface area contributed by atoms with Crippen LogP contribution in [-0.2, 0) is 39.9 Å². The molecule has 226 valence electrons. The minimum absolute atomic E-state index is 0.0353. The lowest BCUT2D eigenvalue weighted by Crippen LogP contribution is -2.54. The number of carboxylic acid groups (broad SMARTS) is 1. The summed E-state index contributed by atoms with van der Waals surface area (Å²) < 4.78 is 10.9. The Balaban J connectivity index is 1.88. The summed E-state index contributed by atoms with van der Waals surface area (Å²) in [6.07, 6.45) is 2.38. The number of rotatable bonds is 17. The molecule has 41 heavy (non-hydrogen) atoms. The molecule has 0 radical (unpaired) electrons. The van der Waals surface area contributed by atoms with E-state index in [1.807, 2.05) is 12.2 Å². The van der Waals surface area contributed by atoms with Crippen molar-refractivity contribution in [3.05, 3.63) is 29.8 Å². The molecule has 2 rings (SSSR count). The van der Waals surface area contributed by atoms with E-state index in [0.29, 0.717) is 43.7 Å². The normalized spacial score (nSPS) is 15.9. The number of carbonyl (C=O) groups is 6. The number of carboxylic acids is 1. The SMILES string of the molecule is CCCC(NC(=O)C1CCCN1C(=O)CNC(=O)Cc1cccc(OCCC(C)OC)c1)C(=O)C(=O)NCC(=O)O. The Bertz CT molecular complexity index is 1090. The van der Waals surface area contributed by atoms with Crippen molar-refractivity contribution < 1.29 is 43.3 Å². The molecule has 1 heterocycles. The lowest BCUT2D eigenvalue weighted by Gasteiger charge is -2.26. The van der Waals surface area contributed by atoms with Crippen LogP contribution < -0.4 is 20.7 Å². The van der Waals surface area contributed by atoms with Gasteiger partial charge in [-0.05, 0) is 43.9 Å². The molecule has 0 spiro atoms. The highest BCUT2D eigenvalue weighted by atomic mass is 16.5. The van der Waals surface area contributed by atoms with Gasteiger partial charge >= 0.3 is 5.97 Å². The molecule has 13 nitrogen and oxygen atoms in total. The maximum absolute atomic E-state index is 13.0. The number of ether oxygens (including phenoxy) is 2. The van der Waals surface area contributed by atoms with Gasteiger partial charge in [0.25, 0.3) is 5.91 Å². The lowest BCUT2D eigenvalue weighted by molar-refractivity contribution is -0.143. The molecule has 1 aromatic rings. The second-order valence-electron chi connectivity index (χ2n) is 9.82. The number of hydrogen-bond donors (Lipinski definition) is 4. The summed E-state index contributed by atoms with van der Waals surface area (Å²) in [5.41, 5.74) is 0.713. The first kappa shape index (κ1) is 33.2. The monoisotopic (exact) mass is 576 g/mol. The fourth-order valence-corrected chi connectivity index (χ4v) is 4.29. The Labute approximate surface area is 239 Å². The van der Waals surface area contributed by atoms with Crippen LogP contribution >= 0.6 is 0 Å². The van der Waals surface area contributed by atoms with E-state index in [-0.39, 0.29) is 31.4 Å². The predicted molar refractivity (Wildman–Crippen MR) is 147 cm³/mol. The van der Waals surface area contributed by atoms with Crippen molar-refractivity contribution in [2.75, 3.05) is 33.4 Å². The highest BCUT2D eigenvalue weighted by Crippen LogP contribution is 2.18. The second-order valence-corrected chi connectivity index (χ2v) is 9.82. The van der Waals surface area contributed by atoms with Gasteiger partial charge in [-0.3, -0.25) is 28.8 Å². The zero-order valence-corrected chi connectivity index (χ0v) is 23.8. The van der Waals surface area contributed by atoms with Gasteiger partial charge in [-0.25, -0.2) is 0 Å². The van der Waals surface area contributed by atoms with Crippen molar-refractivity contribution in [1.29, 1.82) is 0 Å². The van der Waals surface area contributed by atoms with E-state index in [1.54, 1.807) is 38.3 Å². The van der Waals surface area contributed by atoms with Crippen molar-refractivity contribution in [2.24, 2.45) is 0 Å². The molecule has 0 aliphatic carbocycles. The second kappa shape index (κ2) is 17.0. The van der Waals surface area contributed by atoms with Crippen molar-refractivity contribution >= 4 is 35.4 Å². The molecule has 4 amide bonds. The summed E-state index contributed by atoms with van der Waals surface area (Å²) in [6, 6.07) is 5.10. The first-order valence-corrected chi connectivity index (χ1v) is 13.7. The van der Waals surface area contributed by atoms with Gasteiger partial charge in [0.1, 0.15) is 18.3 Å². The number of aliphatic carboxylic acids is 1. The average molecular weight is 577 g/mol. The number of methoxy groups -OCH3 is 1. The topological polar surface area (TPSA) is 180 Å². The zero-order valence-electron chi connectivity index (χ0n) is 23.8. The molecule has 0 bridgehead atoms. The third kappa shape index (κ3) is 11.2. The number of hydrogen-bond acceptors (Lipinski definition) is 8. The highest BCUT2D eigenvalue weighted by Gasteiger charge is 2.36. The van der Waals surface area contributed by atoms with Gasteiger partial charge in [0.15, 0.2) is 0 Å². The Kier molecular flexibility index (Phi) is 13.7. The number of amides is 4. The smallest absolute Gasteiger partial charge is 0.322 e. The molecule has 3 unspecified atom stereocenters. The van der Waals surface area contributed by atoms with Crippen LogP contribution in [0, 0.1) is 0 Å². The number of nitrogens with one attached hydrogen (secondary N) is 3. The van der Waals surface area contributed by atoms with E-state index in [4.69, 9.17) is 14.6 Å². The van der Waals surface area contributed by atoms with Crippen molar-refractivity contribution in [2.45, 2.75) is 70.6 Å². The van der Waals surface area contributed by atoms with Crippen LogP contribution in [0.4, 0.5) is 0 Å². The zero-order chi connectivity index (χ0) is 30.4. The molecular formula is C28H40N4O9. The van der Waals surface area contributed by atoms with Crippen LogP contribution in [0.2, 0.25) is 0 Å². The Morgan fingerprint density at radius 3 is 2.54 bits per heavy atom. The number of carbonyl (C=O) groups excluding carboxylic acids is 5. The van der Waals surface area contributed by atoms with Crippen molar-refractivity contribution in [1.82, 2.24) is 20.9 Å². The number of Topliss-reactive ketones (excluding diaryl/α,β-unsaturated/α-hetero) is 1. The standard InChI is InChI=1S/C28H40N4O9/c1-4-7-21(26(37)28(39)30-17-25(35)36)31-27(38)22-10-6-12-32(22)24(34)16-29-23(33)15-19-8-5-9-20(14-19)41-13-11-18(2)40-3/h5,8-9,14,18,21-22H,4,6-7,10-13,15-17H2,1-3H3,(H,29,33)(H,30,39)(H,31,38)(H,35,36). The van der Waals surface area contributed by atoms with Crippen molar-refractivity contribution in [3.63, 3.8) is 0 Å². The highest BCUT2D eigenvalue weighted by molar-refractivity contribution is 6.38. The van der Waals surface area contributed by atoms with E-state index in [9.17, 15) is 28.8 Å².